The number of fused-ring (bicyclic) bond motifs is 1. The fourth-order valence-corrected chi connectivity index (χ4v) is 2.03. The minimum Gasteiger partial charge on any atom is -0.484 e. The monoisotopic (exact) mass is 281 g/mol. The molecule has 3 aromatic rings. The lowest BCUT2D eigenvalue weighted by molar-refractivity contribution is -0.123. The summed E-state index contributed by atoms with van der Waals surface area (Å²) < 4.78 is 11.0. The van der Waals surface area contributed by atoms with E-state index in [2.05, 4.69) is 5.32 Å². The van der Waals surface area contributed by atoms with Gasteiger partial charge in [0.15, 0.2) is 6.61 Å². The zero-order valence-electron chi connectivity index (χ0n) is 11.4. The molecule has 1 amide bonds. The Morgan fingerprint density at radius 2 is 1.81 bits per heavy atom. The lowest BCUT2D eigenvalue weighted by Gasteiger charge is -2.06. The number of benzene rings is 2. The number of rotatable bonds is 5. The second kappa shape index (κ2) is 6.13. The zero-order valence-corrected chi connectivity index (χ0v) is 11.4. The predicted octanol–water partition coefficient (Wildman–Crippen LogP) is 3.13. The Morgan fingerprint density at radius 3 is 2.62 bits per heavy atom. The second-order valence-electron chi connectivity index (χ2n) is 4.63. The highest BCUT2D eigenvalue weighted by atomic mass is 16.5. The van der Waals surface area contributed by atoms with Crippen LogP contribution in [0.4, 0.5) is 0 Å². The molecule has 1 aromatic heterocycles. The third-order valence-corrected chi connectivity index (χ3v) is 3.05. The van der Waals surface area contributed by atoms with Crippen LogP contribution in [0.25, 0.3) is 11.0 Å². The first-order valence-corrected chi connectivity index (χ1v) is 6.73. The molecule has 0 aliphatic carbocycles. The molecule has 106 valence electrons. The SMILES string of the molecule is O=C(COc1ccccc1)NCc1cc2ccccc2o1. The normalized spacial score (nSPS) is 10.5. The van der Waals surface area contributed by atoms with E-state index in [4.69, 9.17) is 9.15 Å². The van der Waals surface area contributed by atoms with Crippen LogP contribution >= 0.6 is 0 Å². The molecule has 0 atom stereocenters. The fraction of sp³-hybridized carbons (Fsp3) is 0.118. The lowest BCUT2D eigenvalue weighted by atomic mass is 10.2. The van der Waals surface area contributed by atoms with Crippen LogP contribution in [0.5, 0.6) is 5.75 Å². The minimum absolute atomic E-state index is 0.00968. The van der Waals surface area contributed by atoms with Gasteiger partial charge in [0.1, 0.15) is 17.1 Å². The molecule has 2 aromatic carbocycles. The quantitative estimate of drug-likeness (QED) is 0.781. The van der Waals surface area contributed by atoms with E-state index in [-0.39, 0.29) is 12.5 Å². The molecule has 0 bridgehead atoms. The number of furan rings is 1. The lowest BCUT2D eigenvalue weighted by Crippen LogP contribution is -2.28. The van der Waals surface area contributed by atoms with Gasteiger partial charge in [0.05, 0.1) is 6.54 Å². The molecule has 21 heavy (non-hydrogen) atoms. The molecule has 0 saturated heterocycles. The zero-order chi connectivity index (χ0) is 14.5. The maximum Gasteiger partial charge on any atom is 0.258 e. The fourth-order valence-electron chi connectivity index (χ4n) is 2.03. The summed E-state index contributed by atoms with van der Waals surface area (Å²) in [4.78, 5) is 11.7. The molecule has 0 spiro atoms. The first-order chi connectivity index (χ1) is 10.3. The molecule has 3 rings (SSSR count). The van der Waals surface area contributed by atoms with Crippen LogP contribution < -0.4 is 10.1 Å². The van der Waals surface area contributed by atoms with Gasteiger partial charge in [-0.1, -0.05) is 36.4 Å². The van der Waals surface area contributed by atoms with E-state index in [1.165, 1.54) is 0 Å². The van der Waals surface area contributed by atoms with Gasteiger partial charge in [-0.3, -0.25) is 4.79 Å². The maximum atomic E-state index is 11.7. The van der Waals surface area contributed by atoms with E-state index >= 15 is 0 Å². The number of carbonyl (C=O) groups is 1. The standard InChI is InChI=1S/C17H15NO3/c19-17(12-20-14-7-2-1-3-8-14)18-11-15-10-13-6-4-5-9-16(13)21-15/h1-10H,11-12H2,(H,18,19). The first-order valence-electron chi connectivity index (χ1n) is 6.73. The molecular formula is C17H15NO3. The third kappa shape index (κ3) is 3.42. The van der Waals surface area contributed by atoms with E-state index in [0.29, 0.717) is 12.3 Å². The molecule has 1 heterocycles. The van der Waals surface area contributed by atoms with Crippen molar-refractivity contribution >= 4 is 16.9 Å². The Kier molecular flexibility index (Phi) is 3.87. The third-order valence-electron chi connectivity index (χ3n) is 3.05. The molecule has 0 fully saturated rings. The summed E-state index contributed by atoms with van der Waals surface area (Å²) >= 11 is 0. The van der Waals surface area contributed by atoms with Crippen LogP contribution in [0.1, 0.15) is 5.76 Å². The predicted molar refractivity (Wildman–Crippen MR) is 80.0 cm³/mol. The summed E-state index contributed by atoms with van der Waals surface area (Å²) in [5.41, 5.74) is 0.822. The van der Waals surface area contributed by atoms with Gasteiger partial charge in [-0.2, -0.15) is 0 Å². The summed E-state index contributed by atoms with van der Waals surface area (Å²) in [6.07, 6.45) is 0. The maximum absolute atomic E-state index is 11.7. The smallest absolute Gasteiger partial charge is 0.258 e. The van der Waals surface area contributed by atoms with Gasteiger partial charge in [-0.15, -0.1) is 0 Å². The number of hydrogen-bond donors (Lipinski definition) is 1. The summed E-state index contributed by atoms with van der Waals surface area (Å²) in [5.74, 6) is 1.22. The Morgan fingerprint density at radius 1 is 1.05 bits per heavy atom. The van der Waals surface area contributed by atoms with E-state index in [1.54, 1.807) is 0 Å². The molecule has 0 aliphatic heterocycles. The van der Waals surface area contributed by atoms with Crippen molar-refractivity contribution in [3.63, 3.8) is 0 Å². The summed E-state index contributed by atoms with van der Waals surface area (Å²) in [6.45, 7) is 0.343. The molecule has 0 radical (unpaired) electrons. The van der Waals surface area contributed by atoms with E-state index in [0.717, 1.165) is 16.7 Å². The topological polar surface area (TPSA) is 51.5 Å². The summed E-state index contributed by atoms with van der Waals surface area (Å²) in [6, 6.07) is 18.9. The van der Waals surface area contributed by atoms with E-state index < -0.39 is 0 Å². The van der Waals surface area contributed by atoms with Gasteiger partial charge >= 0.3 is 0 Å². The van der Waals surface area contributed by atoms with Crippen molar-refractivity contribution in [2.75, 3.05) is 6.61 Å². The Bertz CT molecular complexity index is 701. The van der Waals surface area contributed by atoms with E-state index in [9.17, 15) is 4.79 Å². The highest BCUT2D eigenvalue weighted by Gasteiger charge is 2.06. The minimum atomic E-state index is -0.181. The molecule has 4 heteroatoms. The second-order valence-corrected chi connectivity index (χ2v) is 4.63. The van der Waals surface area contributed by atoms with Crippen molar-refractivity contribution < 1.29 is 13.9 Å². The van der Waals surface area contributed by atoms with Crippen molar-refractivity contribution in [2.45, 2.75) is 6.54 Å². The van der Waals surface area contributed by atoms with Crippen molar-refractivity contribution in [1.82, 2.24) is 5.32 Å². The molecule has 0 saturated carbocycles. The van der Waals surface area contributed by atoms with Gasteiger partial charge in [0.2, 0.25) is 0 Å². The molecular weight excluding hydrogens is 266 g/mol. The van der Waals surface area contributed by atoms with Gasteiger partial charge in [0, 0.05) is 5.39 Å². The number of nitrogens with one attached hydrogen (secondary N) is 1. The first kappa shape index (κ1) is 13.2. The molecule has 0 unspecified atom stereocenters. The summed E-state index contributed by atoms with van der Waals surface area (Å²) in [5, 5.41) is 3.80. The Hall–Kier alpha value is -2.75. The van der Waals surface area contributed by atoms with Gasteiger partial charge in [-0.05, 0) is 24.3 Å². The summed E-state index contributed by atoms with van der Waals surface area (Å²) in [7, 11) is 0. The van der Waals surface area contributed by atoms with Crippen LogP contribution in [-0.2, 0) is 11.3 Å². The highest BCUT2D eigenvalue weighted by Crippen LogP contribution is 2.18. The molecule has 1 N–H and O–H groups in total. The number of para-hydroxylation sites is 2. The van der Waals surface area contributed by atoms with Crippen molar-refractivity contribution in [2.24, 2.45) is 0 Å². The number of carbonyl (C=O) groups excluding carboxylic acids is 1. The van der Waals surface area contributed by atoms with Crippen LogP contribution in [-0.4, -0.2) is 12.5 Å². The van der Waals surface area contributed by atoms with E-state index in [1.807, 2.05) is 60.7 Å². The van der Waals surface area contributed by atoms with Crippen molar-refractivity contribution in [3.8, 4) is 5.75 Å². The van der Waals surface area contributed by atoms with Crippen molar-refractivity contribution in [1.29, 1.82) is 0 Å². The average molecular weight is 281 g/mol. The highest BCUT2D eigenvalue weighted by molar-refractivity contribution is 5.79. The van der Waals surface area contributed by atoms with Gasteiger partial charge < -0.3 is 14.5 Å². The molecule has 4 nitrogen and oxygen atoms in total. The van der Waals surface area contributed by atoms with Crippen LogP contribution in [0.2, 0.25) is 0 Å². The Labute approximate surface area is 122 Å². The Balaban J connectivity index is 1.51. The van der Waals surface area contributed by atoms with Gasteiger partial charge in [0.25, 0.3) is 5.91 Å². The number of ether oxygens (including phenoxy) is 1. The number of amides is 1. The van der Waals surface area contributed by atoms with Crippen LogP contribution in [0, 0.1) is 0 Å². The van der Waals surface area contributed by atoms with Gasteiger partial charge in [-0.25, -0.2) is 0 Å². The largest absolute Gasteiger partial charge is 0.484 e. The van der Waals surface area contributed by atoms with Crippen molar-refractivity contribution in [3.05, 3.63) is 66.4 Å². The molecule has 0 aliphatic rings. The van der Waals surface area contributed by atoms with Crippen LogP contribution in [0.15, 0.2) is 65.1 Å². The van der Waals surface area contributed by atoms with Crippen LogP contribution in [0.3, 0.4) is 0 Å². The average Bonchev–Trinajstić information content (AvgIpc) is 2.95. The number of hydrogen-bond acceptors (Lipinski definition) is 3.